The van der Waals surface area contributed by atoms with E-state index in [0.29, 0.717) is 13.1 Å². The molecular formula is C6H13N2O2S. The molecule has 0 aromatic heterocycles. The summed E-state index contributed by atoms with van der Waals surface area (Å²) in [4.78, 5) is 0. The van der Waals surface area contributed by atoms with Crippen LogP contribution in [0.4, 0.5) is 0 Å². The van der Waals surface area contributed by atoms with Gasteiger partial charge in [-0.3, -0.25) is 0 Å². The first-order valence-electron chi connectivity index (χ1n) is 3.67. The summed E-state index contributed by atoms with van der Waals surface area (Å²) in [6, 6.07) is 0. The van der Waals surface area contributed by atoms with Crippen molar-refractivity contribution in [3.05, 3.63) is 6.42 Å². The average Bonchev–Trinajstić information content (AvgIpc) is 2.06. The van der Waals surface area contributed by atoms with E-state index in [1.54, 1.807) is 0 Å². The minimum absolute atomic E-state index is 0.545. The molecule has 11 heavy (non-hydrogen) atoms. The van der Waals surface area contributed by atoms with E-state index in [1.165, 1.54) is 11.4 Å². The lowest BCUT2D eigenvalue weighted by molar-refractivity contribution is 0.387. The molecule has 0 aromatic carbocycles. The molecule has 1 fully saturated rings. The van der Waals surface area contributed by atoms with Gasteiger partial charge in [-0.1, -0.05) is 0 Å². The van der Waals surface area contributed by atoms with E-state index in [1.807, 2.05) is 6.42 Å². The van der Waals surface area contributed by atoms with Gasteiger partial charge in [-0.2, -0.15) is 12.7 Å². The van der Waals surface area contributed by atoms with Gasteiger partial charge in [0.25, 0.3) is 10.2 Å². The van der Waals surface area contributed by atoms with Crippen molar-refractivity contribution in [3.8, 4) is 0 Å². The molecule has 5 heteroatoms. The summed E-state index contributed by atoms with van der Waals surface area (Å²) in [6.07, 6.45) is 3.94. The van der Waals surface area contributed by atoms with Crippen molar-refractivity contribution >= 4 is 10.2 Å². The van der Waals surface area contributed by atoms with Crippen LogP contribution in [0.2, 0.25) is 0 Å². The second kappa shape index (κ2) is 3.51. The molecule has 0 aliphatic carbocycles. The summed E-state index contributed by atoms with van der Waals surface area (Å²) < 4.78 is 26.0. The molecule has 1 saturated heterocycles. The Morgan fingerprint density at radius 3 is 2.73 bits per heavy atom. The number of rotatable bonds is 2. The van der Waals surface area contributed by atoms with E-state index < -0.39 is 10.2 Å². The van der Waals surface area contributed by atoms with Gasteiger partial charge in [0.2, 0.25) is 0 Å². The van der Waals surface area contributed by atoms with E-state index >= 15 is 0 Å². The number of hydrogen-bond donors (Lipinski definition) is 1. The van der Waals surface area contributed by atoms with Crippen molar-refractivity contribution in [2.75, 3.05) is 20.1 Å². The second-order valence-electron chi connectivity index (χ2n) is 2.50. The van der Waals surface area contributed by atoms with Gasteiger partial charge >= 0.3 is 0 Å². The van der Waals surface area contributed by atoms with E-state index in [9.17, 15) is 8.42 Å². The maximum atomic E-state index is 11.1. The normalized spacial score (nSPS) is 21.9. The first-order chi connectivity index (χ1) is 5.17. The number of piperidine rings is 1. The number of nitrogens with one attached hydrogen (secondary N) is 1. The lowest BCUT2D eigenvalue weighted by Gasteiger charge is -2.24. The first kappa shape index (κ1) is 8.96. The van der Waals surface area contributed by atoms with Crippen LogP contribution in [0.5, 0.6) is 0 Å². The van der Waals surface area contributed by atoms with Crippen molar-refractivity contribution in [1.29, 1.82) is 0 Å². The topological polar surface area (TPSA) is 49.4 Å². The average molecular weight is 177 g/mol. The third-order valence-electron chi connectivity index (χ3n) is 1.75. The lowest BCUT2D eigenvalue weighted by Crippen LogP contribution is -2.42. The van der Waals surface area contributed by atoms with Gasteiger partial charge in [-0.05, 0) is 19.3 Å². The monoisotopic (exact) mass is 177 g/mol. The highest BCUT2D eigenvalue weighted by molar-refractivity contribution is 7.87. The summed E-state index contributed by atoms with van der Waals surface area (Å²) >= 11 is 0. The predicted molar refractivity (Wildman–Crippen MR) is 43.1 cm³/mol. The predicted octanol–water partition coefficient (Wildman–Crippen LogP) is -0.249. The van der Waals surface area contributed by atoms with Crippen LogP contribution in [0.25, 0.3) is 0 Å². The Bertz CT molecular complexity index is 207. The molecule has 4 nitrogen and oxygen atoms in total. The molecule has 0 unspecified atom stereocenters. The van der Waals surface area contributed by atoms with Crippen LogP contribution in [0, 0.1) is 6.42 Å². The molecule has 0 aromatic rings. The van der Waals surface area contributed by atoms with E-state index in [2.05, 4.69) is 4.72 Å². The van der Waals surface area contributed by atoms with Crippen LogP contribution in [0.1, 0.15) is 12.8 Å². The quantitative estimate of drug-likeness (QED) is 0.632. The molecule has 0 bridgehead atoms. The Morgan fingerprint density at radius 2 is 2.27 bits per heavy atom. The van der Waals surface area contributed by atoms with E-state index in [4.69, 9.17) is 0 Å². The van der Waals surface area contributed by atoms with Crippen molar-refractivity contribution in [3.63, 3.8) is 0 Å². The van der Waals surface area contributed by atoms with Crippen LogP contribution in [0.15, 0.2) is 0 Å². The highest BCUT2D eigenvalue weighted by Gasteiger charge is 2.21. The smallest absolute Gasteiger partial charge is 0.205 e. The maximum Gasteiger partial charge on any atom is 0.279 e. The van der Waals surface area contributed by atoms with Gasteiger partial charge in [0.15, 0.2) is 0 Å². The maximum absolute atomic E-state index is 11.1. The molecule has 0 saturated carbocycles. The Hall–Kier alpha value is -0.130. The van der Waals surface area contributed by atoms with Gasteiger partial charge in [-0.25, -0.2) is 4.72 Å². The molecule has 1 rings (SSSR count). The van der Waals surface area contributed by atoms with Crippen LogP contribution < -0.4 is 4.72 Å². The van der Waals surface area contributed by atoms with Crippen molar-refractivity contribution in [1.82, 2.24) is 9.03 Å². The Kier molecular flexibility index (Phi) is 2.86. The fourth-order valence-electron chi connectivity index (χ4n) is 1.09. The minimum atomic E-state index is -3.17. The van der Waals surface area contributed by atoms with Crippen LogP contribution >= 0.6 is 0 Å². The molecule has 1 aliphatic rings. The Labute approximate surface area is 67.8 Å². The molecule has 1 aliphatic heterocycles. The van der Waals surface area contributed by atoms with Crippen molar-refractivity contribution < 1.29 is 8.42 Å². The minimum Gasteiger partial charge on any atom is -0.205 e. The highest BCUT2D eigenvalue weighted by Crippen LogP contribution is 2.10. The summed E-state index contributed by atoms with van der Waals surface area (Å²) in [7, 11) is -1.73. The molecule has 0 amide bonds. The molecule has 0 atom stereocenters. The molecular weight excluding hydrogens is 164 g/mol. The fraction of sp³-hybridized carbons (Fsp3) is 0.833. The van der Waals surface area contributed by atoms with Crippen LogP contribution in [0.3, 0.4) is 0 Å². The van der Waals surface area contributed by atoms with Crippen LogP contribution in [-0.4, -0.2) is 32.9 Å². The zero-order valence-corrected chi connectivity index (χ0v) is 7.39. The Balaban J connectivity index is 2.58. The van der Waals surface area contributed by atoms with Gasteiger partial charge in [0.05, 0.1) is 0 Å². The number of nitrogens with zero attached hydrogens (tertiary/aromatic N) is 1. The Morgan fingerprint density at radius 1 is 1.55 bits per heavy atom. The molecule has 0 spiro atoms. The number of hydrogen-bond acceptors (Lipinski definition) is 2. The summed E-state index contributed by atoms with van der Waals surface area (Å²) in [5.41, 5.74) is 0. The summed E-state index contributed by atoms with van der Waals surface area (Å²) in [6.45, 7) is 1.18. The fourth-order valence-corrected chi connectivity index (χ4v) is 2.02. The zero-order valence-electron chi connectivity index (χ0n) is 6.58. The lowest BCUT2D eigenvalue weighted by atomic mass is 10.2. The molecule has 1 heterocycles. The van der Waals surface area contributed by atoms with Crippen molar-refractivity contribution in [2.24, 2.45) is 0 Å². The third kappa shape index (κ3) is 2.15. The third-order valence-corrected chi connectivity index (χ3v) is 3.27. The van der Waals surface area contributed by atoms with Crippen molar-refractivity contribution in [2.45, 2.75) is 12.8 Å². The standard InChI is InChI=1S/C6H13N2O2S/c1-7-11(9,10)8-5-3-2-4-6-8/h3,7H,2,4-6H2,1H3. The SMILES string of the molecule is CNS(=O)(=O)N1C[CH]CCC1. The van der Waals surface area contributed by atoms with Crippen LogP contribution in [-0.2, 0) is 10.2 Å². The summed E-state index contributed by atoms with van der Waals surface area (Å²) in [5.74, 6) is 0. The van der Waals surface area contributed by atoms with E-state index in [-0.39, 0.29) is 0 Å². The summed E-state index contributed by atoms with van der Waals surface area (Å²) in [5, 5.41) is 0. The molecule has 65 valence electrons. The molecule has 1 N–H and O–H groups in total. The van der Waals surface area contributed by atoms with Gasteiger partial charge in [0, 0.05) is 20.1 Å². The van der Waals surface area contributed by atoms with Gasteiger partial charge in [-0.15, -0.1) is 0 Å². The van der Waals surface area contributed by atoms with Gasteiger partial charge in [0.1, 0.15) is 0 Å². The largest absolute Gasteiger partial charge is 0.279 e. The highest BCUT2D eigenvalue weighted by atomic mass is 32.2. The zero-order chi connectivity index (χ0) is 8.32. The van der Waals surface area contributed by atoms with E-state index in [0.717, 1.165) is 12.8 Å². The van der Waals surface area contributed by atoms with Gasteiger partial charge < -0.3 is 0 Å². The molecule has 1 radical (unpaired) electrons. The second-order valence-corrected chi connectivity index (χ2v) is 4.37. The first-order valence-corrected chi connectivity index (χ1v) is 5.11.